The first kappa shape index (κ1) is 35.9. The first-order valence-electron chi connectivity index (χ1n) is 16.7. The molecule has 0 radical (unpaired) electrons. The van der Waals surface area contributed by atoms with Crippen molar-refractivity contribution >= 4 is 22.8 Å². The highest BCUT2D eigenvalue weighted by Gasteiger charge is 2.34. The lowest BCUT2D eigenvalue weighted by Gasteiger charge is -2.18. The van der Waals surface area contributed by atoms with E-state index >= 15 is 4.39 Å². The molecule has 1 fully saturated rings. The first-order valence-corrected chi connectivity index (χ1v) is 17.7. The van der Waals surface area contributed by atoms with Gasteiger partial charge in [-0.2, -0.15) is 13.2 Å². The van der Waals surface area contributed by atoms with E-state index in [4.69, 9.17) is 14.5 Å². The maximum absolute atomic E-state index is 15.1. The Kier molecular flexibility index (Phi) is 12.3. The second kappa shape index (κ2) is 16.4. The molecule has 0 amide bonds. The summed E-state index contributed by atoms with van der Waals surface area (Å²) in [5.74, 6) is 0.200. The molecule has 2 heterocycles. The van der Waals surface area contributed by atoms with Crippen molar-refractivity contribution in [3.8, 4) is 28.6 Å². The minimum Gasteiger partial charge on any atom is -0.491 e. The average molecular weight is 691 g/mol. The predicted molar refractivity (Wildman–Crippen MR) is 181 cm³/mol. The Balaban J connectivity index is 1.54. The SMILES string of the molecule is CCCCn1c(-c2ccc(Oc3ccc(F)c(C(F)(F)F)c3)cc2OCCN2CCCC2)nc2c(SCCN(CC)CC)cc(F)cc21. The molecule has 0 aliphatic carbocycles. The molecule has 0 unspecified atom stereocenters. The highest BCUT2D eigenvalue weighted by Crippen LogP contribution is 2.40. The van der Waals surface area contributed by atoms with Crippen LogP contribution in [0.5, 0.6) is 17.2 Å². The van der Waals surface area contributed by atoms with Crippen molar-refractivity contribution in [1.82, 2.24) is 19.4 Å². The van der Waals surface area contributed by atoms with Crippen LogP contribution in [0.4, 0.5) is 22.0 Å². The largest absolute Gasteiger partial charge is 0.491 e. The molecule has 0 N–H and O–H groups in total. The number of thioether (sulfide) groups is 1. The number of hydrogen-bond donors (Lipinski definition) is 0. The number of rotatable bonds is 16. The number of likely N-dealkylation sites (tertiary alicyclic amines) is 1. The Hall–Kier alpha value is -3.35. The summed E-state index contributed by atoms with van der Waals surface area (Å²) in [7, 11) is 0. The molecule has 0 saturated carbocycles. The highest BCUT2D eigenvalue weighted by molar-refractivity contribution is 7.99. The van der Waals surface area contributed by atoms with Crippen molar-refractivity contribution in [3.05, 3.63) is 65.7 Å². The van der Waals surface area contributed by atoms with Crippen LogP contribution in [0.3, 0.4) is 0 Å². The number of fused-ring (bicyclic) bond motifs is 1. The topological polar surface area (TPSA) is 42.8 Å². The van der Waals surface area contributed by atoms with Gasteiger partial charge >= 0.3 is 6.18 Å². The van der Waals surface area contributed by atoms with E-state index in [0.717, 1.165) is 81.2 Å². The third-order valence-electron chi connectivity index (χ3n) is 8.62. The Labute approximate surface area is 283 Å². The summed E-state index contributed by atoms with van der Waals surface area (Å²) in [6, 6.07) is 10.6. The molecule has 1 saturated heterocycles. The zero-order valence-electron chi connectivity index (χ0n) is 27.7. The van der Waals surface area contributed by atoms with Gasteiger partial charge < -0.3 is 18.9 Å². The molecule has 1 aromatic heterocycles. The fourth-order valence-electron chi connectivity index (χ4n) is 5.92. The maximum atomic E-state index is 15.1. The van der Waals surface area contributed by atoms with Gasteiger partial charge in [-0.3, -0.25) is 4.90 Å². The average Bonchev–Trinajstić information content (AvgIpc) is 3.71. The number of alkyl halides is 3. The van der Waals surface area contributed by atoms with Crippen LogP contribution >= 0.6 is 11.8 Å². The van der Waals surface area contributed by atoms with Crippen molar-refractivity contribution in [2.45, 2.75) is 64.1 Å². The lowest BCUT2D eigenvalue weighted by atomic mass is 10.1. The van der Waals surface area contributed by atoms with Crippen LogP contribution in [0.15, 0.2) is 53.4 Å². The van der Waals surface area contributed by atoms with Gasteiger partial charge in [-0.25, -0.2) is 13.8 Å². The number of unbranched alkanes of at least 4 members (excludes halogenated alkanes) is 1. The molecular formula is C36H43F5N4O2S. The van der Waals surface area contributed by atoms with Crippen molar-refractivity contribution < 1.29 is 31.4 Å². The van der Waals surface area contributed by atoms with Crippen LogP contribution in [0.25, 0.3) is 22.4 Å². The lowest BCUT2D eigenvalue weighted by Crippen LogP contribution is -2.25. The monoisotopic (exact) mass is 690 g/mol. The third-order valence-corrected chi connectivity index (χ3v) is 9.62. The predicted octanol–water partition coefficient (Wildman–Crippen LogP) is 9.50. The molecule has 12 heteroatoms. The molecular weight excluding hydrogens is 647 g/mol. The summed E-state index contributed by atoms with van der Waals surface area (Å²) in [4.78, 5) is 10.5. The van der Waals surface area contributed by atoms with Crippen LogP contribution in [0.2, 0.25) is 0 Å². The first-order chi connectivity index (χ1) is 23.1. The summed E-state index contributed by atoms with van der Waals surface area (Å²) in [5.41, 5.74) is 0.659. The minimum absolute atomic E-state index is 0.156. The van der Waals surface area contributed by atoms with E-state index in [1.807, 2.05) is 4.57 Å². The van der Waals surface area contributed by atoms with Gasteiger partial charge in [0.05, 0.1) is 16.6 Å². The molecule has 4 aromatic rings. The second-order valence-electron chi connectivity index (χ2n) is 11.9. The van der Waals surface area contributed by atoms with E-state index < -0.39 is 17.6 Å². The molecule has 0 bridgehead atoms. The molecule has 260 valence electrons. The van der Waals surface area contributed by atoms with E-state index in [1.165, 1.54) is 6.07 Å². The van der Waals surface area contributed by atoms with E-state index in [0.29, 0.717) is 53.9 Å². The molecule has 1 aliphatic heterocycles. The normalized spacial score (nSPS) is 14.0. The summed E-state index contributed by atoms with van der Waals surface area (Å²) in [6.45, 7) is 12.8. The smallest absolute Gasteiger partial charge is 0.419 e. The summed E-state index contributed by atoms with van der Waals surface area (Å²) >= 11 is 1.58. The second-order valence-corrected chi connectivity index (χ2v) is 13.0. The number of halogens is 5. The quantitative estimate of drug-likeness (QED) is 0.0862. The van der Waals surface area contributed by atoms with Crippen LogP contribution < -0.4 is 9.47 Å². The van der Waals surface area contributed by atoms with Crippen LogP contribution in [-0.4, -0.2) is 71.0 Å². The van der Waals surface area contributed by atoms with E-state index in [2.05, 4.69) is 30.6 Å². The van der Waals surface area contributed by atoms with Gasteiger partial charge in [0.1, 0.15) is 46.8 Å². The molecule has 48 heavy (non-hydrogen) atoms. The number of aryl methyl sites for hydroxylation is 1. The number of imidazole rings is 1. The molecule has 1 aliphatic rings. The van der Waals surface area contributed by atoms with Gasteiger partial charge in [0, 0.05) is 36.3 Å². The number of ether oxygens (including phenoxy) is 2. The Bertz CT molecular complexity index is 1670. The Morgan fingerprint density at radius 2 is 1.65 bits per heavy atom. The van der Waals surface area contributed by atoms with Crippen molar-refractivity contribution in [2.24, 2.45) is 0 Å². The zero-order chi connectivity index (χ0) is 34.3. The van der Waals surface area contributed by atoms with Crippen LogP contribution in [-0.2, 0) is 12.7 Å². The fraction of sp³-hybridized carbons (Fsp3) is 0.472. The standard InChI is InChI=1S/C36H43F5N4O2S/c1-4-7-16-45-31-21-25(37)22-33(48-20-18-43(5-2)6-3)34(31)42-35(45)28-12-10-27(24-32(28)46-19-17-44-14-8-9-15-44)47-26-11-13-30(38)29(23-26)36(39,40)41/h10-13,21-24H,4-9,14-20H2,1-3H3. The van der Waals surface area contributed by atoms with Crippen LogP contribution in [0.1, 0.15) is 52.0 Å². The van der Waals surface area contributed by atoms with Gasteiger partial charge in [0.15, 0.2) is 0 Å². The number of hydrogen-bond acceptors (Lipinski definition) is 6. The minimum atomic E-state index is -4.86. The zero-order valence-corrected chi connectivity index (χ0v) is 28.5. The number of benzene rings is 3. The van der Waals surface area contributed by atoms with Gasteiger partial charge in [-0.1, -0.05) is 27.2 Å². The van der Waals surface area contributed by atoms with Crippen molar-refractivity contribution in [2.75, 3.05) is 51.6 Å². The van der Waals surface area contributed by atoms with Crippen molar-refractivity contribution in [3.63, 3.8) is 0 Å². The molecule has 6 nitrogen and oxygen atoms in total. The lowest BCUT2D eigenvalue weighted by molar-refractivity contribution is -0.140. The van der Waals surface area contributed by atoms with Gasteiger partial charge in [-0.15, -0.1) is 11.8 Å². The maximum Gasteiger partial charge on any atom is 0.419 e. The van der Waals surface area contributed by atoms with Crippen molar-refractivity contribution in [1.29, 1.82) is 0 Å². The summed E-state index contributed by atoms with van der Waals surface area (Å²) < 4.78 is 83.4. The van der Waals surface area contributed by atoms with E-state index in [-0.39, 0.29) is 17.3 Å². The molecule has 0 atom stereocenters. The number of nitrogens with zero attached hydrogens (tertiary/aromatic N) is 4. The molecule has 0 spiro atoms. The van der Waals surface area contributed by atoms with E-state index in [1.54, 1.807) is 36.0 Å². The number of aromatic nitrogens is 2. The Morgan fingerprint density at radius 3 is 2.35 bits per heavy atom. The Morgan fingerprint density at radius 1 is 0.917 bits per heavy atom. The van der Waals surface area contributed by atoms with Crippen LogP contribution in [0, 0.1) is 11.6 Å². The van der Waals surface area contributed by atoms with Gasteiger partial charge in [0.2, 0.25) is 0 Å². The molecule has 3 aromatic carbocycles. The van der Waals surface area contributed by atoms with Gasteiger partial charge in [0.25, 0.3) is 0 Å². The van der Waals surface area contributed by atoms with E-state index in [9.17, 15) is 17.6 Å². The van der Waals surface area contributed by atoms with Gasteiger partial charge in [-0.05, 0) is 87.9 Å². The third kappa shape index (κ3) is 8.81. The molecule has 5 rings (SSSR count). The highest BCUT2D eigenvalue weighted by atomic mass is 32.2. The summed E-state index contributed by atoms with van der Waals surface area (Å²) in [5, 5.41) is 0. The summed E-state index contributed by atoms with van der Waals surface area (Å²) in [6.07, 6.45) is -0.823. The fourth-order valence-corrected chi connectivity index (χ4v) is 6.98.